The molecule has 3 aromatic rings. The highest BCUT2D eigenvalue weighted by atomic mass is 32.2. The number of para-hydroxylation sites is 2. The quantitative estimate of drug-likeness (QED) is 0.434. The van der Waals surface area contributed by atoms with Crippen LogP contribution < -0.4 is 9.64 Å². The van der Waals surface area contributed by atoms with Gasteiger partial charge in [0.25, 0.3) is 0 Å². The summed E-state index contributed by atoms with van der Waals surface area (Å²) in [6, 6.07) is 14.6. The summed E-state index contributed by atoms with van der Waals surface area (Å²) >= 11 is 1.54. The van der Waals surface area contributed by atoms with Gasteiger partial charge in [-0.1, -0.05) is 42.1 Å². The van der Waals surface area contributed by atoms with Crippen molar-refractivity contribution in [1.82, 2.24) is 14.8 Å². The molecule has 1 aliphatic heterocycles. The van der Waals surface area contributed by atoms with Gasteiger partial charge in [0.1, 0.15) is 0 Å². The summed E-state index contributed by atoms with van der Waals surface area (Å²) in [7, 11) is 0. The van der Waals surface area contributed by atoms with Gasteiger partial charge in [0.15, 0.2) is 16.7 Å². The first kappa shape index (κ1) is 19.7. The van der Waals surface area contributed by atoms with Crippen molar-refractivity contribution < 1.29 is 13.9 Å². The van der Waals surface area contributed by atoms with Crippen LogP contribution in [-0.2, 0) is 4.74 Å². The Hall–Kier alpha value is -2.58. The molecule has 0 bridgehead atoms. The van der Waals surface area contributed by atoms with Crippen LogP contribution in [0.5, 0.6) is 5.75 Å². The zero-order valence-corrected chi connectivity index (χ0v) is 17.1. The lowest BCUT2D eigenvalue weighted by atomic mass is 10.2. The van der Waals surface area contributed by atoms with Gasteiger partial charge in [-0.3, -0.25) is 4.57 Å². The van der Waals surface area contributed by atoms with E-state index in [-0.39, 0.29) is 11.6 Å². The van der Waals surface area contributed by atoms with E-state index >= 15 is 0 Å². The lowest BCUT2D eigenvalue weighted by Crippen LogP contribution is -2.38. The first-order valence-electron chi connectivity index (χ1n) is 9.58. The highest BCUT2D eigenvalue weighted by molar-refractivity contribution is 7.99. The lowest BCUT2D eigenvalue weighted by molar-refractivity contribution is 0.122. The van der Waals surface area contributed by atoms with Crippen LogP contribution in [0, 0.1) is 12.7 Å². The SMILES string of the molecule is Cc1ccccc1-n1c(SCCOc2ccccc2F)nnc1N1CCOCC1. The monoisotopic (exact) mass is 414 g/mol. The smallest absolute Gasteiger partial charge is 0.232 e. The average Bonchev–Trinajstić information content (AvgIpc) is 3.17. The molecule has 29 heavy (non-hydrogen) atoms. The van der Waals surface area contributed by atoms with Gasteiger partial charge in [-0.05, 0) is 30.7 Å². The fraction of sp³-hybridized carbons (Fsp3) is 0.333. The number of hydrogen-bond donors (Lipinski definition) is 0. The molecule has 1 saturated heterocycles. The second kappa shape index (κ2) is 9.28. The molecule has 2 heterocycles. The van der Waals surface area contributed by atoms with E-state index in [1.165, 1.54) is 6.07 Å². The minimum atomic E-state index is -0.352. The molecule has 2 aromatic carbocycles. The summed E-state index contributed by atoms with van der Waals surface area (Å²) in [5.74, 6) is 1.36. The van der Waals surface area contributed by atoms with Gasteiger partial charge in [-0.2, -0.15) is 0 Å². The standard InChI is InChI=1S/C21H23FN4O2S/c1-16-6-2-4-8-18(16)26-20(25-10-12-27-13-11-25)23-24-21(26)29-15-14-28-19-9-5-3-7-17(19)22/h2-9H,10-15H2,1H3. The summed E-state index contributed by atoms with van der Waals surface area (Å²) in [4.78, 5) is 2.20. The van der Waals surface area contributed by atoms with Gasteiger partial charge in [0, 0.05) is 18.8 Å². The number of ether oxygens (including phenoxy) is 2. The van der Waals surface area contributed by atoms with Crippen LogP contribution in [0.2, 0.25) is 0 Å². The molecule has 0 N–H and O–H groups in total. The number of halogens is 1. The van der Waals surface area contributed by atoms with Crippen LogP contribution >= 0.6 is 11.8 Å². The zero-order chi connectivity index (χ0) is 20.1. The number of nitrogens with zero attached hydrogens (tertiary/aromatic N) is 4. The predicted octanol–water partition coefficient (Wildman–Crippen LogP) is 3.72. The van der Waals surface area contributed by atoms with Crippen molar-refractivity contribution in [1.29, 1.82) is 0 Å². The third-order valence-electron chi connectivity index (χ3n) is 4.68. The van der Waals surface area contributed by atoms with Gasteiger partial charge in [0.2, 0.25) is 5.95 Å². The molecule has 0 atom stereocenters. The Labute approximate surface area is 173 Å². The van der Waals surface area contributed by atoms with Crippen molar-refractivity contribution in [2.75, 3.05) is 43.6 Å². The highest BCUT2D eigenvalue weighted by Gasteiger charge is 2.22. The molecule has 1 aliphatic rings. The molecular weight excluding hydrogens is 391 g/mol. The molecule has 0 radical (unpaired) electrons. The Morgan fingerprint density at radius 1 is 1.07 bits per heavy atom. The Balaban J connectivity index is 1.52. The lowest BCUT2D eigenvalue weighted by Gasteiger charge is -2.28. The molecular formula is C21H23FN4O2S. The molecule has 0 aliphatic carbocycles. The summed E-state index contributed by atoms with van der Waals surface area (Å²) < 4.78 is 26.8. The second-order valence-corrected chi connectivity index (χ2v) is 7.69. The van der Waals surface area contributed by atoms with E-state index in [2.05, 4.69) is 38.7 Å². The van der Waals surface area contributed by atoms with Gasteiger partial charge >= 0.3 is 0 Å². The molecule has 0 saturated carbocycles. The van der Waals surface area contributed by atoms with E-state index in [4.69, 9.17) is 9.47 Å². The summed E-state index contributed by atoms with van der Waals surface area (Å²) in [6.07, 6.45) is 0. The Morgan fingerprint density at radius 3 is 2.62 bits per heavy atom. The van der Waals surface area contributed by atoms with Crippen LogP contribution in [0.4, 0.5) is 10.3 Å². The number of anilines is 1. The Bertz CT molecular complexity index is 959. The van der Waals surface area contributed by atoms with Crippen molar-refractivity contribution in [3.05, 3.63) is 59.9 Å². The molecule has 152 valence electrons. The molecule has 6 nitrogen and oxygen atoms in total. The normalized spacial score (nSPS) is 14.2. The molecule has 8 heteroatoms. The molecule has 4 rings (SSSR count). The molecule has 1 fully saturated rings. The van der Waals surface area contributed by atoms with Gasteiger partial charge in [-0.15, -0.1) is 10.2 Å². The van der Waals surface area contributed by atoms with Gasteiger partial charge < -0.3 is 14.4 Å². The summed E-state index contributed by atoms with van der Waals surface area (Å²) in [5, 5.41) is 9.69. The second-order valence-electron chi connectivity index (χ2n) is 6.63. The fourth-order valence-corrected chi connectivity index (χ4v) is 3.95. The number of benzene rings is 2. The fourth-order valence-electron chi connectivity index (χ4n) is 3.20. The number of aryl methyl sites for hydroxylation is 1. The molecule has 0 amide bonds. The molecule has 0 spiro atoms. The number of rotatable bonds is 7. The van der Waals surface area contributed by atoms with Crippen molar-refractivity contribution in [3.63, 3.8) is 0 Å². The van der Waals surface area contributed by atoms with Crippen molar-refractivity contribution in [2.45, 2.75) is 12.1 Å². The highest BCUT2D eigenvalue weighted by Crippen LogP contribution is 2.29. The number of morpholine rings is 1. The minimum Gasteiger partial charge on any atom is -0.490 e. The maximum absolute atomic E-state index is 13.7. The Kier molecular flexibility index (Phi) is 6.31. The Morgan fingerprint density at radius 2 is 1.83 bits per heavy atom. The van der Waals surface area contributed by atoms with E-state index in [1.807, 2.05) is 12.1 Å². The van der Waals surface area contributed by atoms with Crippen molar-refractivity contribution in [2.24, 2.45) is 0 Å². The van der Waals surface area contributed by atoms with Crippen LogP contribution in [0.3, 0.4) is 0 Å². The number of aromatic nitrogens is 3. The van der Waals surface area contributed by atoms with Crippen molar-refractivity contribution >= 4 is 17.7 Å². The van der Waals surface area contributed by atoms with E-state index < -0.39 is 0 Å². The minimum absolute atomic E-state index is 0.266. The van der Waals surface area contributed by atoms with Crippen LogP contribution in [0.25, 0.3) is 5.69 Å². The third-order valence-corrected chi connectivity index (χ3v) is 5.57. The summed E-state index contributed by atoms with van der Waals surface area (Å²) in [5.41, 5.74) is 2.20. The average molecular weight is 415 g/mol. The molecule has 1 aromatic heterocycles. The maximum atomic E-state index is 13.7. The maximum Gasteiger partial charge on any atom is 0.232 e. The van der Waals surface area contributed by atoms with Crippen LogP contribution in [0.1, 0.15) is 5.56 Å². The van der Waals surface area contributed by atoms with E-state index in [9.17, 15) is 4.39 Å². The van der Waals surface area contributed by atoms with Crippen molar-refractivity contribution in [3.8, 4) is 11.4 Å². The van der Waals surface area contributed by atoms with Gasteiger partial charge in [-0.25, -0.2) is 4.39 Å². The zero-order valence-electron chi connectivity index (χ0n) is 16.3. The van der Waals surface area contributed by atoms with Crippen LogP contribution in [-0.4, -0.2) is 53.4 Å². The molecule has 0 unspecified atom stereocenters. The van der Waals surface area contributed by atoms with E-state index in [0.29, 0.717) is 25.6 Å². The largest absolute Gasteiger partial charge is 0.490 e. The first-order chi connectivity index (χ1) is 14.2. The first-order valence-corrected chi connectivity index (χ1v) is 10.6. The third kappa shape index (κ3) is 4.54. The predicted molar refractivity (Wildman–Crippen MR) is 112 cm³/mol. The number of thioether (sulfide) groups is 1. The van der Waals surface area contributed by atoms with E-state index in [0.717, 1.165) is 35.4 Å². The van der Waals surface area contributed by atoms with Gasteiger partial charge in [0.05, 0.1) is 25.5 Å². The summed E-state index contributed by atoms with van der Waals surface area (Å²) in [6.45, 7) is 5.38. The number of hydrogen-bond acceptors (Lipinski definition) is 6. The van der Waals surface area contributed by atoms with E-state index in [1.54, 1.807) is 30.0 Å². The topological polar surface area (TPSA) is 52.4 Å². The van der Waals surface area contributed by atoms with Crippen LogP contribution in [0.15, 0.2) is 53.7 Å².